The summed E-state index contributed by atoms with van der Waals surface area (Å²) in [6, 6.07) is 1.62. The van der Waals surface area contributed by atoms with E-state index in [2.05, 4.69) is 15.3 Å². The van der Waals surface area contributed by atoms with Crippen LogP contribution in [-0.4, -0.2) is 33.7 Å². The van der Waals surface area contributed by atoms with Crippen LogP contribution in [-0.2, 0) is 4.79 Å². The third-order valence-corrected chi connectivity index (χ3v) is 3.31. The number of carboxylic acids is 1. The fraction of sp³-hybridized carbons (Fsp3) is 0.583. The summed E-state index contributed by atoms with van der Waals surface area (Å²) in [5.74, 6) is -0.115. The van der Waals surface area contributed by atoms with Crippen LogP contribution >= 0.6 is 0 Å². The molecule has 18 heavy (non-hydrogen) atoms. The molecule has 0 atom stereocenters. The number of aliphatic carboxylic acids is 1. The first-order chi connectivity index (χ1) is 8.66. The quantitative estimate of drug-likeness (QED) is 0.847. The van der Waals surface area contributed by atoms with E-state index in [1.807, 2.05) is 0 Å². The first-order valence-electron chi connectivity index (χ1n) is 6.05. The van der Waals surface area contributed by atoms with Gasteiger partial charge in [0.1, 0.15) is 5.54 Å². The summed E-state index contributed by atoms with van der Waals surface area (Å²) in [7, 11) is 1.51. The van der Waals surface area contributed by atoms with Crippen LogP contribution in [0.2, 0.25) is 0 Å². The summed E-state index contributed by atoms with van der Waals surface area (Å²) < 4.78 is 5.00. The van der Waals surface area contributed by atoms with E-state index in [1.165, 1.54) is 7.11 Å². The van der Waals surface area contributed by atoms with Crippen LogP contribution in [0, 0.1) is 0 Å². The molecule has 1 fully saturated rings. The van der Waals surface area contributed by atoms with E-state index in [0.717, 1.165) is 19.3 Å². The predicted molar refractivity (Wildman–Crippen MR) is 65.7 cm³/mol. The van der Waals surface area contributed by atoms with E-state index in [9.17, 15) is 9.90 Å². The van der Waals surface area contributed by atoms with Gasteiger partial charge in [0.15, 0.2) is 0 Å². The minimum absolute atomic E-state index is 0.304. The molecule has 1 heterocycles. The highest BCUT2D eigenvalue weighted by molar-refractivity contribution is 5.82. The molecule has 1 aliphatic carbocycles. The first-order valence-corrected chi connectivity index (χ1v) is 6.05. The molecule has 1 aromatic rings. The predicted octanol–water partition coefficient (Wildman–Crippen LogP) is 1.68. The molecule has 0 aliphatic heterocycles. The molecule has 2 N–H and O–H groups in total. The lowest BCUT2D eigenvalue weighted by molar-refractivity contribution is -0.143. The zero-order chi connectivity index (χ0) is 13.0. The van der Waals surface area contributed by atoms with Gasteiger partial charge in [0.05, 0.1) is 7.11 Å². The summed E-state index contributed by atoms with van der Waals surface area (Å²) in [4.78, 5) is 19.6. The molecular weight excluding hydrogens is 234 g/mol. The van der Waals surface area contributed by atoms with Crippen molar-refractivity contribution in [3.05, 3.63) is 12.3 Å². The standard InChI is InChI=1S/C12H17N3O3/c1-18-9-5-8-13-11(14-9)15-12(10(16)17)6-3-2-4-7-12/h5,8H,2-4,6-7H2,1H3,(H,16,17)(H,13,14,15). The Labute approximate surface area is 105 Å². The Bertz CT molecular complexity index is 430. The Kier molecular flexibility index (Phi) is 3.64. The van der Waals surface area contributed by atoms with E-state index in [1.54, 1.807) is 12.3 Å². The normalized spacial score (nSPS) is 18.1. The minimum atomic E-state index is -0.940. The van der Waals surface area contributed by atoms with Crippen molar-refractivity contribution >= 4 is 11.9 Å². The maximum atomic E-state index is 11.5. The van der Waals surface area contributed by atoms with Gasteiger partial charge in [-0.2, -0.15) is 4.98 Å². The SMILES string of the molecule is COc1ccnc(NC2(C(=O)O)CCCCC2)n1. The van der Waals surface area contributed by atoms with Gasteiger partial charge in [-0.25, -0.2) is 9.78 Å². The van der Waals surface area contributed by atoms with E-state index in [4.69, 9.17) is 4.74 Å². The van der Waals surface area contributed by atoms with Crippen molar-refractivity contribution in [2.24, 2.45) is 0 Å². The van der Waals surface area contributed by atoms with Crippen molar-refractivity contribution in [1.82, 2.24) is 9.97 Å². The number of nitrogens with one attached hydrogen (secondary N) is 1. The van der Waals surface area contributed by atoms with Crippen molar-refractivity contribution in [2.45, 2.75) is 37.6 Å². The van der Waals surface area contributed by atoms with Crippen molar-refractivity contribution < 1.29 is 14.6 Å². The lowest BCUT2D eigenvalue weighted by atomic mass is 9.82. The topological polar surface area (TPSA) is 84.3 Å². The monoisotopic (exact) mass is 251 g/mol. The Morgan fingerprint density at radius 1 is 1.44 bits per heavy atom. The molecule has 6 heteroatoms. The van der Waals surface area contributed by atoms with Crippen LogP contribution in [0.1, 0.15) is 32.1 Å². The summed E-state index contributed by atoms with van der Waals surface area (Å²) in [5.41, 5.74) is -0.940. The van der Waals surface area contributed by atoms with Crippen LogP contribution in [0.5, 0.6) is 5.88 Å². The Morgan fingerprint density at radius 3 is 2.78 bits per heavy atom. The van der Waals surface area contributed by atoms with Crippen LogP contribution in [0.15, 0.2) is 12.3 Å². The van der Waals surface area contributed by atoms with E-state index in [0.29, 0.717) is 24.7 Å². The molecule has 1 saturated carbocycles. The highest BCUT2D eigenvalue weighted by Gasteiger charge is 2.40. The van der Waals surface area contributed by atoms with E-state index in [-0.39, 0.29) is 0 Å². The lowest BCUT2D eigenvalue weighted by Gasteiger charge is -2.33. The van der Waals surface area contributed by atoms with E-state index < -0.39 is 11.5 Å². The molecule has 98 valence electrons. The summed E-state index contributed by atoms with van der Waals surface area (Å²) in [6.45, 7) is 0. The van der Waals surface area contributed by atoms with Crippen LogP contribution in [0.3, 0.4) is 0 Å². The molecule has 1 aromatic heterocycles. The van der Waals surface area contributed by atoms with Crippen molar-refractivity contribution in [2.75, 3.05) is 12.4 Å². The first kappa shape index (κ1) is 12.6. The highest BCUT2D eigenvalue weighted by Crippen LogP contribution is 2.31. The number of methoxy groups -OCH3 is 1. The Balaban J connectivity index is 2.20. The van der Waals surface area contributed by atoms with Gasteiger partial charge in [-0.1, -0.05) is 19.3 Å². The number of hydrogen-bond donors (Lipinski definition) is 2. The molecule has 0 saturated heterocycles. The second-order valence-electron chi connectivity index (χ2n) is 4.50. The van der Waals surface area contributed by atoms with Gasteiger partial charge in [0.25, 0.3) is 0 Å². The number of aromatic nitrogens is 2. The fourth-order valence-electron chi connectivity index (χ4n) is 2.28. The summed E-state index contributed by atoms with van der Waals surface area (Å²) >= 11 is 0. The largest absolute Gasteiger partial charge is 0.481 e. The van der Waals surface area contributed by atoms with Gasteiger partial charge in [0, 0.05) is 12.3 Å². The second-order valence-corrected chi connectivity index (χ2v) is 4.50. The van der Waals surface area contributed by atoms with Crippen LogP contribution in [0.25, 0.3) is 0 Å². The summed E-state index contributed by atoms with van der Waals surface area (Å²) in [6.07, 6.45) is 5.64. The average Bonchev–Trinajstić information content (AvgIpc) is 2.40. The van der Waals surface area contributed by atoms with Gasteiger partial charge in [0.2, 0.25) is 11.8 Å². The molecule has 0 aromatic carbocycles. The molecular formula is C12H17N3O3. The minimum Gasteiger partial charge on any atom is -0.481 e. The second kappa shape index (κ2) is 5.20. The van der Waals surface area contributed by atoms with Gasteiger partial charge in [-0.3, -0.25) is 0 Å². The number of ether oxygens (including phenoxy) is 1. The third-order valence-electron chi connectivity index (χ3n) is 3.31. The van der Waals surface area contributed by atoms with Crippen LogP contribution < -0.4 is 10.1 Å². The lowest BCUT2D eigenvalue weighted by Crippen LogP contribution is -2.48. The number of hydrogen-bond acceptors (Lipinski definition) is 5. The fourth-order valence-corrected chi connectivity index (χ4v) is 2.28. The third kappa shape index (κ3) is 2.52. The molecule has 0 amide bonds. The Morgan fingerprint density at radius 2 is 2.17 bits per heavy atom. The number of carbonyl (C=O) groups is 1. The number of anilines is 1. The average molecular weight is 251 g/mol. The maximum absolute atomic E-state index is 11.5. The summed E-state index contributed by atoms with van der Waals surface area (Å²) in [5, 5.41) is 12.4. The smallest absolute Gasteiger partial charge is 0.329 e. The van der Waals surface area contributed by atoms with Gasteiger partial charge in [-0.15, -0.1) is 0 Å². The molecule has 0 unspecified atom stereocenters. The van der Waals surface area contributed by atoms with E-state index >= 15 is 0 Å². The zero-order valence-corrected chi connectivity index (χ0v) is 10.3. The van der Waals surface area contributed by atoms with Crippen molar-refractivity contribution in [3.8, 4) is 5.88 Å². The van der Waals surface area contributed by atoms with Crippen molar-refractivity contribution in [1.29, 1.82) is 0 Å². The molecule has 2 rings (SSSR count). The maximum Gasteiger partial charge on any atom is 0.329 e. The van der Waals surface area contributed by atoms with Crippen molar-refractivity contribution in [3.63, 3.8) is 0 Å². The molecule has 0 bridgehead atoms. The number of rotatable bonds is 4. The molecule has 0 radical (unpaired) electrons. The number of carboxylic acid groups (broad SMARTS) is 1. The van der Waals surface area contributed by atoms with Crippen LogP contribution in [0.4, 0.5) is 5.95 Å². The zero-order valence-electron chi connectivity index (χ0n) is 10.3. The Hall–Kier alpha value is -1.85. The number of nitrogens with zero attached hydrogens (tertiary/aromatic N) is 2. The highest BCUT2D eigenvalue weighted by atomic mass is 16.5. The molecule has 6 nitrogen and oxygen atoms in total. The van der Waals surface area contributed by atoms with Gasteiger partial charge in [-0.05, 0) is 12.8 Å². The molecule has 0 spiro atoms. The molecule has 1 aliphatic rings. The van der Waals surface area contributed by atoms with Gasteiger partial charge >= 0.3 is 5.97 Å². The van der Waals surface area contributed by atoms with Gasteiger partial charge < -0.3 is 15.2 Å².